The summed E-state index contributed by atoms with van der Waals surface area (Å²) in [6.45, 7) is 7.12. The molecule has 0 saturated carbocycles. The highest BCUT2D eigenvalue weighted by Gasteiger charge is 2.19. The summed E-state index contributed by atoms with van der Waals surface area (Å²) >= 11 is 0. The number of rotatable bonds is 6. The van der Waals surface area contributed by atoms with Crippen LogP contribution >= 0.6 is 0 Å². The monoisotopic (exact) mass is 257 g/mol. The Morgan fingerprint density at radius 1 is 1.17 bits per heavy atom. The summed E-state index contributed by atoms with van der Waals surface area (Å²) in [5.74, 6) is -0.781. The van der Waals surface area contributed by atoms with E-state index in [2.05, 4.69) is 17.1 Å². The van der Waals surface area contributed by atoms with Crippen LogP contribution in [0.2, 0.25) is 0 Å². The molecule has 0 spiro atoms. The molecule has 1 heterocycles. The smallest absolute Gasteiger partial charge is 0.317 e. The van der Waals surface area contributed by atoms with Gasteiger partial charge in [0.05, 0.1) is 0 Å². The number of unbranched alkanes of at least 4 members (excludes halogenated alkanes) is 1. The number of aliphatic carboxylic acids is 1. The van der Waals surface area contributed by atoms with Gasteiger partial charge in [0.15, 0.2) is 0 Å². The molecule has 2 amide bonds. The number of hydrogen-bond acceptors (Lipinski definition) is 3. The largest absolute Gasteiger partial charge is 0.481 e. The topological polar surface area (TPSA) is 72.9 Å². The van der Waals surface area contributed by atoms with Crippen molar-refractivity contribution in [3.05, 3.63) is 0 Å². The van der Waals surface area contributed by atoms with Crippen molar-refractivity contribution in [3.8, 4) is 0 Å². The van der Waals surface area contributed by atoms with Crippen molar-refractivity contribution < 1.29 is 14.7 Å². The zero-order valence-corrected chi connectivity index (χ0v) is 11.0. The van der Waals surface area contributed by atoms with Gasteiger partial charge in [-0.15, -0.1) is 0 Å². The molecule has 18 heavy (non-hydrogen) atoms. The van der Waals surface area contributed by atoms with Gasteiger partial charge in [-0.3, -0.25) is 4.79 Å². The Labute approximate surface area is 108 Å². The molecule has 104 valence electrons. The molecule has 1 fully saturated rings. The highest BCUT2D eigenvalue weighted by Crippen LogP contribution is 2.01. The van der Waals surface area contributed by atoms with Gasteiger partial charge in [-0.25, -0.2) is 4.79 Å². The number of piperazine rings is 1. The minimum Gasteiger partial charge on any atom is -0.481 e. The number of carboxylic acid groups (broad SMARTS) is 1. The number of carbonyl (C=O) groups is 2. The summed E-state index contributed by atoms with van der Waals surface area (Å²) in [7, 11) is 0. The zero-order valence-electron chi connectivity index (χ0n) is 11.0. The maximum Gasteiger partial charge on any atom is 0.317 e. The van der Waals surface area contributed by atoms with Gasteiger partial charge in [0.1, 0.15) is 0 Å². The second-order valence-electron chi connectivity index (χ2n) is 4.50. The molecule has 0 aliphatic carbocycles. The maximum absolute atomic E-state index is 11.8. The van der Waals surface area contributed by atoms with Gasteiger partial charge < -0.3 is 20.2 Å². The van der Waals surface area contributed by atoms with Crippen molar-refractivity contribution >= 4 is 12.0 Å². The normalized spacial score (nSPS) is 16.6. The van der Waals surface area contributed by atoms with Gasteiger partial charge in [-0.05, 0) is 19.4 Å². The fraction of sp³-hybridized carbons (Fsp3) is 0.833. The van der Waals surface area contributed by atoms with Gasteiger partial charge in [-0.1, -0.05) is 6.92 Å². The van der Waals surface area contributed by atoms with Crippen LogP contribution in [0.4, 0.5) is 4.79 Å². The first-order chi connectivity index (χ1) is 8.63. The molecular weight excluding hydrogens is 234 g/mol. The molecule has 2 N–H and O–H groups in total. The predicted octanol–water partition coefficient (Wildman–Crippen LogP) is 0.588. The summed E-state index contributed by atoms with van der Waals surface area (Å²) in [5.41, 5.74) is 0. The lowest BCUT2D eigenvalue weighted by Crippen LogP contribution is -2.51. The van der Waals surface area contributed by atoms with Crippen LogP contribution < -0.4 is 5.32 Å². The maximum atomic E-state index is 11.8. The third kappa shape index (κ3) is 5.35. The van der Waals surface area contributed by atoms with E-state index in [1.807, 2.05) is 4.90 Å². The van der Waals surface area contributed by atoms with Crippen molar-refractivity contribution in [2.45, 2.75) is 26.2 Å². The Kier molecular flexibility index (Phi) is 6.49. The van der Waals surface area contributed by atoms with Crippen molar-refractivity contribution in [1.82, 2.24) is 15.1 Å². The number of carboxylic acids is 1. The fourth-order valence-corrected chi connectivity index (χ4v) is 1.98. The third-order valence-corrected chi connectivity index (χ3v) is 3.20. The van der Waals surface area contributed by atoms with Gasteiger partial charge >= 0.3 is 12.0 Å². The Morgan fingerprint density at radius 3 is 2.39 bits per heavy atom. The van der Waals surface area contributed by atoms with Crippen molar-refractivity contribution in [1.29, 1.82) is 0 Å². The van der Waals surface area contributed by atoms with Crippen LogP contribution in [0.3, 0.4) is 0 Å². The average Bonchev–Trinajstić information content (AvgIpc) is 2.38. The van der Waals surface area contributed by atoms with Crippen molar-refractivity contribution in [3.63, 3.8) is 0 Å². The second kappa shape index (κ2) is 7.92. The first kappa shape index (κ1) is 14.8. The van der Waals surface area contributed by atoms with E-state index >= 15 is 0 Å². The van der Waals surface area contributed by atoms with Crippen molar-refractivity contribution in [2.24, 2.45) is 0 Å². The summed E-state index contributed by atoms with van der Waals surface area (Å²) in [6, 6.07) is -0.0268. The summed E-state index contributed by atoms with van der Waals surface area (Å²) in [4.78, 5) is 26.2. The van der Waals surface area contributed by atoms with E-state index in [1.165, 1.54) is 0 Å². The standard InChI is InChI=1S/C12H23N3O3/c1-2-14-7-9-15(10-8-14)12(18)13-6-4-3-5-11(16)17/h2-10H2,1H3,(H,13,18)(H,16,17). The molecule has 0 unspecified atom stereocenters. The van der Waals surface area contributed by atoms with E-state index in [0.717, 1.165) is 32.7 Å². The Bertz CT molecular complexity index is 276. The van der Waals surface area contributed by atoms with Gasteiger partial charge in [0, 0.05) is 39.1 Å². The predicted molar refractivity (Wildman–Crippen MR) is 68.6 cm³/mol. The minimum absolute atomic E-state index is 0.0268. The lowest BCUT2D eigenvalue weighted by atomic mass is 10.2. The highest BCUT2D eigenvalue weighted by atomic mass is 16.4. The molecule has 0 radical (unpaired) electrons. The van der Waals surface area contributed by atoms with Crippen molar-refractivity contribution in [2.75, 3.05) is 39.3 Å². The highest BCUT2D eigenvalue weighted by molar-refractivity contribution is 5.74. The SMILES string of the molecule is CCN1CCN(C(=O)NCCCCC(=O)O)CC1. The molecule has 1 aliphatic rings. The molecule has 1 saturated heterocycles. The lowest BCUT2D eigenvalue weighted by Gasteiger charge is -2.34. The Balaban J connectivity index is 2.08. The number of nitrogens with zero attached hydrogens (tertiary/aromatic N) is 2. The number of likely N-dealkylation sites (N-methyl/N-ethyl adjacent to an activating group) is 1. The first-order valence-electron chi connectivity index (χ1n) is 6.60. The van der Waals surface area contributed by atoms with Gasteiger partial charge in [0.25, 0.3) is 0 Å². The minimum atomic E-state index is -0.781. The molecule has 1 aliphatic heterocycles. The zero-order chi connectivity index (χ0) is 13.4. The van der Waals surface area contributed by atoms with Gasteiger partial charge in [0.2, 0.25) is 0 Å². The molecule has 0 atom stereocenters. The van der Waals surface area contributed by atoms with Crippen LogP contribution in [0.25, 0.3) is 0 Å². The molecule has 0 bridgehead atoms. The number of carbonyl (C=O) groups excluding carboxylic acids is 1. The lowest BCUT2D eigenvalue weighted by molar-refractivity contribution is -0.137. The fourth-order valence-electron chi connectivity index (χ4n) is 1.98. The van der Waals surface area contributed by atoms with Crippen LogP contribution in [0.15, 0.2) is 0 Å². The van der Waals surface area contributed by atoms with E-state index in [4.69, 9.17) is 5.11 Å². The molecule has 6 nitrogen and oxygen atoms in total. The molecule has 0 aromatic rings. The Hall–Kier alpha value is -1.30. The number of nitrogens with one attached hydrogen (secondary N) is 1. The number of urea groups is 1. The number of hydrogen-bond donors (Lipinski definition) is 2. The van der Waals surface area contributed by atoms with E-state index < -0.39 is 5.97 Å². The van der Waals surface area contributed by atoms with Crippen LogP contribution in [0.1, 0.15) is 26.2 Å². The average molecular weight is 257 g/mol. The van der Waals surface area contributed by atoms with Gasteiger partial charge in [-0.2, -0.15) is 0 Å². The molecule has 0 aromatic heterocycles. The van der Waals surface area contributed by atoms with Crippen LogP contribution in [-0.2, 0) is 4.79 Å². The third-order valence-electron chi connectivity index (χ3n) is 3.20. The molecule has 0 aromatic carbocycles. The quantitative estimate of drug-likeness (QED) is 0.683. The van der Waals surface area contributed by atoms with Crippen LogP contribution in [0.5, 0.6) is 0 Å². The molecular formula is C12H23N3O3. The first-order valence-corrected chi connectivity index (χ1v) is 6.60. The molecule has 6 heteroatoms. The van der Waals surface area contributed by atoms with E-state index in [9.17, 15) is 9.59 Å². The van der Waals surface area contributed by atoms with E-state index in [-0.39, 0.29) is 12.5 Å². The van der Waals surface area contributed by atoms with Crippen LogP contribution in [0, 0.1) is 0 Å². The van der Waals surface area contributed by atoms with Crippen LogP contribution in [-0.4, -0.2) is 66.2 Å². The summed E-state index contributed by atoms with van der Waals surface area (Å²) in [6.07, 6.45) is 1.50. The second-order valence-corrected chi connectivity index (χ2v) is 4.50. The number of amides is 2. The van der Waals surface area contributed by atoms with E-state index in [1.54, 1.807) is 0 Å². The van der Waals surface area contributed by atoms with E-state index in [0.29, 0.717) is 19.4 Å². The molecule has 1 rings (SSSR count). The Morgan fingerprint density at radius 2 is 1.83 bits per heavy atom. The summed E-state index contributed by atoms with van der Waals surface area (Å²) in [5, 5.41) is 11.3. The summed E-state index contributed by atoms with van der Waals surface area (Å²) < 4.78 is 0.